The number of aromatic nitrogens is 1. The number of amides is 1. The minimum absolute atomic E-state index is 0.0864. The number of nitrogens with zero attached hydrogens (tertiary/aromatic N) is 2. The summed E-state index contributed by atoms with van der Waals surface area (Å²) < 4.78 is 34.1. The van der Waals surface area contributed by atoms with E-state index in [0.29, 0.717) is 22.2 Å². The molecule has 0 unspecified atom stereocenters. The Morgan fingerprint density at radius 3 is 2.63 bits per heavy atom. The molecular formula is C20H22ClN3O4S2. The largest absolute Gasteiger partial charge is 0.495 e. The van der Waals surface area contributed by atoms with Crippen molar-refractivity contribution < 1.29 is 17.9 Å². The van der Waals surface area contributed by atoms with Crippen molar-refractivity contribution in [3.63, 3.8) is 0 Å². The van der Waals surface area contributed by atoms with Gasteiger partial charge < -0.3 is 4.74 Å². The van der Waals surface area contributed by atoms with Gasteiger partial charge in [-0.05, 0) is 57.2 Å². The summed E-state index contributed by atoms with van der Waals surface area (Å²) in [5, 5.41) is 1.08. The van der Waals surface area contributed by atoms with Gasteiger partial charge in [0, 0.05) is 23.2 Å². The van der Waals surface area contributed by atoms with Crippen LogP contribution >= 0.6 is 22.9 Å². The fraction of sp³-hybridized carbons (Fsp3) is 0.300. The van der Waals surface area contributed by atoms with Gasteiger partial charge in [-0.1, -0.05) is 22.9 Å². The summed E-state index contributed by atoms with van der Waals surface area (Å²) in [6.45, 7) is 5.64. The Morgan fingerprint density at radius 2 is 2.00 bits per heavy atom. The topological polar surface area (TPSA) is 88.6 Å². The molecular weight excluding hydrogens is 446 g/mol. The Hall–Kier alpha value is -2.20. The molecule has 1 aromatic heterocycles. The third-order valence-corrected chi connectivity index (χ3v) is 7.20. The summed E-state index contributed by atoms with van der Waals surface area (Å²) in [6.07, 6.45) is 0. The number of nitrogens with one attached hydrogen (secondary N) is 1. The van der Waals surface area contributed by atoms with E-state index in [9.17, 15) is 13.2 Å². The van der Waals surface area contributed by atoms with Crippen molar-refractivity contribution >= 4 is 54.2 Å². The fourth-order valence-electron chi connectivity index (χ4n) is 2.92. The Morgan fingerprint density at radius 1 is 1.27 bits per heavy atom. The number of benzene rings is 2. The summed E-state index contributed by atoms with van der Waals surface area (Å²) in [5.74, 6) is -0.191. The zero-order chi connectivity index (χ0) is 22.1. The molecule has 3 rings (SSSR count). The Bertz CT molecular complexity index is 1190. The van der Waals surface area contributed by atoms with Crippen LogP contribution in [0, 0.1) is 0 Å². The van der Waals surface area contributed by atoms with Gasteiger partial charge in [0.2, 0.25) is 10.0 Å². The van der Waals surface area contributed by atoms with E-state index >= 15 is 0 Å². The molecule has 0 saturated carbocycles. The molecule has 0 aliphatic heterocycles. The number of methoxy groups -OCH3 is 1. The molecule has 1 amide bonds. The molecule has 160 valence electrons. The van der Waals surface area contributed by atoms with Crippen LogP contribution in [0.5, 0.6) is 5.75 Å². The van der Waals surface area contributed by atoms with Gasteiger partial charge >= 0.3 is 0 Å². The van der Waals surface area contributed by atoms with Crippen LogP contribution in [-0.4, -0.2) is 39.0 Å². The van der Waals surface area contributed by atoms with E-state index in [4.69, 9.17) is 16.3 Å². The first-order valence-corrected chi connectivity index (χ1v) is 11.9. The number of carbonyl (C=O) groups excluding carboxylic acids is 1. The molecule has 0 radical (unpaired) electrons. The average Bonchev–Trinajstić information content (AvgIpc) is 3.09. The Kier molecular flexibility index (Phi) is 6.66. The highest BCUT2D eigenvalue weighted by atomic mass is 35.5. The van der Waals surface area contributed by atoms with Crippen molar-refractivity contribution in [1.82, 2.24) is 9.71 Å². The van der Waals surface area contributed by atoms with Gasteiger partial charge in [0.25, 0.3) is 5.91 Å². The Labute approximate surface area is 184 Å². The quantitative estimate of drug-likeness (QED) is 0.559. The lowest BCUT2D eigenvalue weighted by Gasteiger charge is -2.19. The molecule has 0 aliphatic rings. The lowest BCUT2D eigenvalue weighted by Crippen LogP contribution is -2.32. The second-order valence-electron chi connectivity index (χ2n) is 6.80. The number of hydrogen-bond donors (Lipinski definition) is 1. The third kappa shape index (κ3) is 4.59. The van der Waals surface area contributed by atoms with Gasteiger partial charge in [-0.2, -0.15) is 0 Å². The number of ether oxygens (including phenoxy) is 1. The fourth-order valence-corrected chi connectivity index (χ4v) is 5.54. The number of rotatable bonds is 7. The number of halogens is 1. The first-order valence-electron chi connectivity index (χ1n) is 9.24. The Balaban J connectivity index is 2.02. The second kappa shape index (κ2) is 8.89. The van der Waals surface area contributed by atoms with Crippen LogP contribution in [0.4, 0.5) is 5.13 Å². The number of hydrogen-bond acceptors (Lipinski definition) is 6. The predicted octanol–water partition coefficient (Wildman–Crippen LogP) is 4.31. The molecule has 0 atom stereocenters. The molecule has 7 nitrogen and oxygen atoms in total. The van der Waals surface area contributed by atoms with Gasteiger partial charge in [0.15, 0.2) is 5.13 Å². The summed E-state index contributed by atoms with van der Waals surface area (Å²) in [6, 6.07) is 9.42. The molecule has 0 saturated heterocycles. The number of anilines is 1. The molecule has 2 aromatic carbocycles. The summed E-state index contributed by atoms with van der Waals surface area (Å²) in [7, 11) is -2.47. The maximum Gasteiger partial charge on any atom is 0.260 e. The smallest absolute Gasteiger partial charge is 0.260 e. The third-order valence-electron chi connectivity index (χ3n) is 4.22. The summed E-state index contributed by atoms with van der Waals surface area (Å²) in [4.78, 5) is 19.2. The standard InChI is InChI=1S/C20H22ClN3O4S2/c1-5-24(20-22-15-11-14(21)7-9-17(15)29-20)19(25)13-6-8-16(28-4)18(10-13)30(26,27)23-12(2)3/h6-12,23H,5H2,1-4H3. The second-order valence-corrected chi connectivity index (χ2v) is 9.93. The lowest BCUT2D eigenvalue weighted by molar-refractivity contribution is 0.0988. The summed E-state index contributed by atoms with van der Waals surface area (Å²) in [5.41, 5.74) is 0.923. The highest BCUT2D eigenvalue weighted by molar-refractivity contribution is 7.89. The molecule has 1 N–H and O–H groups in total. The minimum Gasteiger partial charge on any atom is -0.495 e. The molecule has 0 spiro atoms. The van der Waals surface area contributed by atoms with E-state index < -0.39 is 10.0 Å². The summed E-state index contributed by atoms with van der Waals surface area (Å²) >= 11 is 7.40. The van der Waals surface area contributed by atoms with Crippen molar-refractivity contribution in [1.29, 1.82) is 0 Å². The van der Waals surface area contributed by atoms with E-state index in [-0.39, 0.29) is 28.2 Å². The van der Waals surface area contributed by atoms with Crippen LogP contribution in [0.25, 0.3) is 10.2 Å². The number of thiazole rings is 1. The molecule has 0 bridgehead atoms. The zero-order valence-corrected chi connectivity index (χ0v) is 19.4. The molecule has 0 aliphatic carbocycles. The van der Waals surface area contributed by atoms with E-state index in [0.717, 1.165) is 4.70 Å². The average molecular weight is 468 g/mol. The number of fused-ring (bicyclic) bond motifs is 1. The van der Waals surface area contributed by atoms with Gasteiger partial charge in [-0.25, -0.2) is 18.1 Å². The monoisotopic (exact) mass is 467 g/mol. The van der Waals surface area contributed by atoms with E-state index in [2.05, 4.69) is 9.71 Å². The molecule has 30 heavy (non-hydrogen) atoms. The molecule has 1 heterocycles. The van der Waals surface area contributed by atoms with Crippen molar-refractivity contribution in [2.75, 3.05) is 18.6 Å². The SMILES string of the molecule is CCN(C(=O)c1ccc(OC)c(S(=O)(=O)NC(C)C)c1)c1nc2cc(Cl)ccc2s1. The van der Waals surface area contributed by atoms with Crippen LogP contribution in [0.3, 0.4) is 0 Å². The van der Waals surface area contributed by atoms with E-state index in [1.165, 1.54) is 35.5 Å². The molecule has 10 heteroatoms. The number of sulfonamides is 1. The highest BCUT2D eigenvalue weighted by Gasteiger charge is 2.25. The molecule has 3 aromatic rings. The first-order chi connectivity index (χ1) is 14.2. The normalized spacial score (nSPS) is 11.8. The van der Waals surface area contributed by atoms with Crippen molar-refractivity contribution in [2.45, 2.75) is 31.7 Å². The van der Waals surface area contributed by atoms with Crippen LogP contribution in [0.2, 0.25) is 5.02 Å². The van der Waals surface area contributed by atoms with Crippen LogP contribution in [0.1, 0.15) is 31.1 Å². The highest BCUT2D eigenvalue weighted by Crippen LogP contribution is 2.32. The predicted molar refractivity (Wildman–Crippen MR) is 120 cm³/mol. The minimum atomic E-state index is -3.85. The maximum absolute atomic E-state index is 13.2. The van der Waals surface area contributed by atoms with E-state index in [1.54, 1.807) is 32.0 Å². The lowest BCUT2D eigenvalue weighted by atomic mass is 10.2. The first kappa shape index (κ1) is 22.5. The van der Waals surface area contributed by atoms with Gasteiger partial charge in [0.05, 0.1) is 17.3 Å². The van der Waals surface area contributed by atoms with Gasteiger partial charge in [-0.3, -0.25) is 9.69 Å². The zero-order valence-electron chi connectivity index (χ0n) is 17.0. The van der Waals surface area contributed by atoms with Crippen molar-refractivity contribution in [3.05, 3.63) is 47.0 Å². The number of carbonyl (C=O) groups is 1. The van der Waals surface area contributed by atoms with Crippen molar-refractivity contribution in [3.8, 4) is 5.75 Å². The van der Waals surface area contributed by atoms with Crippen molar-refractivity contribution in [2.24, 2.45) is 0 Å². The van der Waals surface area contributed by atoms with Gasteiger partial charge in [0.1, 0.15) is 10.6 Å². The van der Waals surface area contributed by atoms with E-state index in [1.807, 2.05) is 13.0 Å². The van der Waals surface area contributed by atoms with Gasteiger partial charge in [-0.15, -0.1) is 0 Å². The van der Waals surface area contributed by atoms with Crippen LogP contribution in [0.15, 0.2) is 41.3 Å². The molecule has 0 fully saturated rings. The van der Waals surface area contributed by atoms with Crippen LogP contribution in [-0.2, 0) is 10.0 Å². The maximum atomic E-state index is 13.2. The van der Waals surface area contributed by atoms with Crippen LogP contribution < -0.4 is 14.4 Å².